The highest BCUT2D eigenvalue weighted by Crippen LogP contribution is 2.22. The van der Waals surface area contributed by atoms with Gasteiger partial charge in [0.1, 0.15) is 24.4 Å². The first-order valence-electron chi connectivity index (χ1n) is 21.2. The molecule has 0 saturated carbocycles. The molecule has 0 aliphatic carbocycles. The number of carbonyl (C=O) groups excluding carboxylic acids is 1. The standard InChI is InChI=1S/C43H79NO9/c1-4-6-8-10-12-13-14-15-16-17-18-20-22-26-31-37(47)42(51)44-35(33-52-43-41(50)40(49)39(48)38(32-45)53-43)36(46)30-27-23-25-29-34(3)28-24-21-19-11-9-7-5-2/h26-27,29-31,35-41,43,45-50H,4-25,28,32-33H2,1-3H3,(H,44,51)/b30-27+,31-26+,34-29+/t35?,36?,37?,38?,39?,40?,41?,43-/m1/s1. The normalized spacial score (nSPS) is 22.8. The Bertz CT molecular complexity index is 971. The molecule has 8 atom stereocenters. The van der Waals surface area contributed by atoms with Crippen LogP contribution >= 0.6 is 0 Å². The lowest BCUT2D eigenvalue weighted by Crippen LogP contribution is -2.60. The third kappa shape index (κ3) is 23.8. The molecule has 0 bridgehead atoms. The Hall–Kier alpha value is -1.63. The molecule has 7 unspecified atom stereocenters. The van der Waals surface area contributed by atoms with Crippen LogP contribution in [-0.4, -0.2) is 98.7 Å². The maximum atomic E-state index is 13.0. The molecule has 10 nitrogen and oxygen atoms in total. The number of ether oxygens (including phenoxy) is 2. The zero-order valence-corrected chi connectivity index (χ0v) is 33.6. The average Bonchev–Trinajstić information content (AvgIpc) is 3.15. The van der Waals surface area contributed by atoms with Gasteiger partial charge in [0.15, 0.2) is 12.4 Å². The summed E-state index contributed by atoms with van der Waals surface area (Å²) in [4.78, 5) is 13.0. The number of unbranched alkanes of at least 4 members (excludes halogenated alkanes) is 19. The number of nitrogens with one attached hydrogen (secondary N) is 1. The minimum atomic E-state index is -1.62. The van der Waals surface area contributed by atoms with Crippen molar-refractivity contribution in [3.05, 3.63) is 36.0 Å². The van der Waals surface area contributed by atoms with E-state index in [9.17, 15) is 35.4 Å². The third-order valence-corrected chi connectivity index (χ3v) is 10.2. The van der Waals surface area contributed by atoms with Crippen molar-refractivity contribution in [3.63, 3.8) is 0 Å². The van der Waals surface area contributed by atoms with Crippen molar-refractivity contribution in [1.29, 1.82) is 0 Å². The summed E-state index contributed by atoms with van der Waals surface area (Å²) in [6, 6.07) is -1.03. The molecule has 0 radical (unpaired) electrons. The van der Waals surface area contributed by atoms with E-state index < -0.39 is 61.5 Å². The highest BCUT2D eigenvalue weighted by molar-refractivity contribution is 5.82. The Kier molecular flexibility index (Phi) is 30.4. The van der Waals surface area contributed by atoms with Crippen molar-refractivity contribution in [1.82, 2.24) is 5.32 Å². The van der Waals surface area contributed by atoms with Crippen molar-refractivity contribution in [2.24, 2.45) is 0 Å². The summed E-state index contributed by atoms with van der Waals surface area (Å²) in [5.41, 5.74) is 1.35. The second-order valence-electron chi connectivity index (χ2n) is 15.1. The summed E-state index contributed by atoms with van der Waals surface area (Å²) in [5.74, 6) is -0.713. The molecule has 1 rings (SSSR count). The van der Waals surface area contributed by atoms with Gasteiger partial charge in [0.05, 0.1) is 25.4 Å². The van der Waals surface area contributed by atoms with Crippen molar-refractivity contribution >= 4 is 5.91 Å². The molecule has 1 aliphatic heterocycles. The lowest BCUT2D eigenvalue weighted by Gasteiger charge is -2.40. The first-order valence-corrected chi connectivity index (χ1v) is 21.2. The Morgan fingerprint density at radius 1 is 0.698 bits per heavy atom. The molecule has 1 amide bonds. The summed E-state index contributed by atoms with van der Waals surface area (Å²) in [6.07, 6.45) is 26.3. The summed E-state index contributed by atoms with van der Waals surface area (Å²) in [7, 11) is 0. The van der Waals surface area contributed by atoms with Gasteiger partial charge >= 0.3 is 0 Å². The van der Waals surface area contributed by atoms with Crippen LogP contribution < -0.4 is 5.32 Å². The lowest BCUT2D eigenvalue weighted by atomic mass is 9.99. The van der Waals surface area contributed by atoms with E-state index in [1.54, 1.807) is 12.2 Å². The predicted molar refractivity (Wildman–Crippen MR) is 213 cm³/mol. The van der Waals surface area contributed by atoms with Gasteiger partial charge in [0, 0.05) is 0 Å². The van der Waals surface area contributed by atoms with E-state index in [0.717, 1.165) is 32.1 Å². The second kappa shape index (κ2) is 32.6. The van der Waals surface area contributed by atoms with Crippen LogP contribution in [0.3, 0.4) is 0 Å². The fourth-order valence-corrected chi connectivity index (χ4v) is 6.57. The number of aliphatic hydroxyl groups excluding tert-OH is 6. The largest absolute Gasteiger partial charge is 0.394 e. The Balaban J connectivity index is 2.59. The molecule has 1 saturated heterocycles. The molecule has 10 heteroatoms. The average molecular weight is 754 g/mol. The van der Waals surface area contributed by atoms with Crippen molar-refractivity contribution in [2.45, 2.75) is 217 Å². The molecular weight excluding hydrogens is 674 g/mol. The maximum absolute atomic E-state index is 13.0. The van der Waals surface area contributed by atoms with E-state index >= 15 is 0 Å². The zero-order valence-electron chi connectivity index (χ0n) is 33.6. The Labute approximate surface area is 322 Å². The summed E-state index contributed by atoms with van der Waals surface area (Å²) < 4.78 is 11.1. The number of allylic oxidation sites excluding steroid dienone is 4. The van der Waals surface area contributed by atoms with Gasteiger partial charge in [-0.2, -0.15) is 0 Å². The van der Waals surface area contributed by atoms with E-state index in [1.165, 1.54) is 121 Å². The van der Waals surface area contributed by atoms with Crippen LogP contribution in [0.4, 0.5) is 0 Å². The Morgan fingerprint density at radius 2 is 1.23 bits per heavy atom. The van der Waals surface area contributed by atoms with Crippen molar-refractivity contribution < 1.29 is 44.9 Å². The first kappa shape index (κ1) is 49.4. The van der Waals surface area contributed by atoms with Gasteiger partial charge in [-0.15, -0.1) is 0 Å². The van der Waals surface area contributed by atoms with Crippen molar-refractivity contribution in [2.75, 3.05) is 13.2 Å². The van der Waals surface area contributed by atoms with Crippen LogP contribution in [-0.2, 0) is 14.3 Å². The molecule has 0 aromatic heterocycles. The summed E-state index contributed by atoms with van der Waals surface area (Å²) in [5, 5.41) is 64.4. The van der Waals surface area contributed by atoms with E-state index in [1.807, 2.05) is 6.08 Å². The number of aliphatic hydroxyl groups is 6. The van der Waals surface area contributed by atoms with Crippen LogP contribution in [0, 0.1) is 0 Å². The molecule has 1 aliphatic rings. The third-order valence-electron chi connectivity index (χ3n) is 10.2. The number of hydrogen-bond donors (Lipinski definition) is 7. The second-order valence-corrected chi connectivity index (χ2v) is 15.1. The van der Waals surface area contributed by atoms with Gasteiger partial charge in [-0.05, 0) is 45.4 Å². The van der Waals surface area contributed by atoms with Gasteiger partial charge in [-0.3, -0.25) is 4.79 Å². The van der Waals surface area contributed by atoms with Gasteiger partial charge in [-0.25, -0.2) is 0 Å². The molecule has 53 heavy (non-hydrogen) atoms. The fraction of sp³-hybridized carbons (Fsp3) is 0.837. The summed E-state index contributed by atoms with van der Waals surface area (Å²) in [6.45, 7) is 5.67. The lowest BCUT2D eigenvalue weighted by molar-refractivity contribution is -0.302. The van der Waals surface area contributed by atoms with E-state index in [0.29, 0.717) is 6.42 Å². The molecule has 7 N–H and O–H groups in total. The predicted octanol–water partition coefficient (Wildman–Crippen LogP) is 7.08. The molecule has 0 aromatic carbocycles. The van der Waals surface area contributed by atoms with Crippen LogP contribution in [0.1, 0.15) is 168 Å². The van der Waals surface area contributed by atoms with Crippen LogP contribution in [0.2, 0.25) is 0 Å². The molecule has 1 heterocycles. The Morgan fingerprint density at radius 3 is 1.79 bits per heavy atom. The van der Waals surface area contributed by atoms with Gasteiger partial charge in [-0.1, -0.05) is 159 Å². The molecule has 0 spiro atoms. The quantitative estimate of drug-likeness (QED) is 0.0274. The molecular formula is C43H79NO9. The maximum Gasteiger partial charge on any atom is 0.253 e. The topological polar surface area (TPSA) is 169 Å². The van der Waals surface area contributed by atoms with E-state index in [4.69, 9.17) is 9.47 Å². The smallest absolute Gasteiger partial charge is 0.253 e. The number of rotatable bonds is 33. The number of hydrogen-bond acceptors (Lipinski definition) is 9. The monoisotopic (exact) mass is 754 g/mol. The highest BCUT2D eigenvalue weighted by atomic mass is 16.7. The zero-order chi connectivity index (χ0) is 39.1. The number of carbonyl (C=O) groups is 1. The molecule has 0 aromatic rings. The van der Waals surface area contributed by atoms with Crippen LogP contribution in [0.15, 0.2) is 36.0 Å². The highest BCUT2D eigenvalue weighted by Gasteiger charge is 2.44. The van der Waals surface area contributed by atoms with E-state index in [2.05, 4.69) is 32.2 Å². The van der Waals surface area contributed by atoms with Gasteiger partial charge < -0.3 is 45.4 Å². The SMILES string of the molecule is CCCCCCCCCCCCCC/C=C/C(O)C(=O)NC(CO[C@@H]1OC(CO)C(O)C(O)C1O)C(O)/C=C/CC/C=C(\C)CCCCCCCCC. The van der Waals surface area contributed by atoms with Gasteiger partial charge in [0.2, 0.25) is 0 Å². The van der Waals surface area contributed by atoms with Gasteiger partial charge in [0.25, 0.3) is 5.91 Å². The fourth-order valence-electron chi connectivity index (χ4n) is 6.57. The molecule has 1 fully saturated rings. The first-order chi connectivity index (χ1) is 25.7. The van der Waals surface area contributed by atoms with E-state index in [-0.39, 0.29) is 6.61 Å². The van der Waals surface area contributed by atoms with Crippen LogP contribution in [0.5, 0.6) is 0 Å². The minimum Gasteiger partial charge on any atom is -0.394 e. The summed E-state index contributed by atoms with van der Waals surface area (Å²) >= 11 is 0. The van der Waals surface area contributed by atoms with Crippen molar-refractivity contribution in [3.8, 4) is 0 Å². The number of amides is 1. The van der Waals surface area contributed by atoms with Crippen LogP contribution in [0.25, 0.3) is 0 Å². The molecule has 310 valence electrons. The minimum absolute atomic E-state index is 0.341.